The quantitative estimate of drug-likeness (QED) is 0.549. The van der Waals surface area contributed by atoms with Crippen molar-refractivity contribution in [1.82, 2.24) is 9.88 Å². The average Bonchev–Trinajstić information content (AvgIpc) is 3.10. The lowest BCUT2D eigenvalue weighted by atomic mass is 10.1. The van der Waals surface area contributed by atoms with E-state index in [1.807, 2.05) is 17.5 Å². The number of methoxy groups -OCH3 is 2. The zero-order valence-electron chi connectivity index (χ0n) is 16.5. The number of ether oxygens (including phenoxy) is 3. The van der Waals surface area contributed by atoms with Gasteiger partial charge in [0.15, 0.2) is 0 Å². The molecule has 7 heteroatoms. The van der Waals surface area contributed by atoms with Crippen molar-refractivity contribution < 1.29 is 19.0 Å². The van der Waals surface area contributed by atoms with E-state index in [1.54, 1.807) is 23.3 Å². The SMILES string of the molecule is COCCCN(Cc1csc(COc2ccc(C)c(C)c2)n1)C(=O)COC. The van der Waals surface area contributed by atoms with Crippen LogP contribution in [0.1, 0.15) is 28.2 Å². The molecular weight excluding hydrogens is 364 g/mol. The van der Waals surface area contributed by atoms with Crippen molar-refractivity contribution in [3.8, 4) is 5.75 Å². The van der Waals surface area contributed by atoms with Crippen molar-refractivity contribution >= 4 is 17.2 Å². The summed E-state index contributed by atoms with van der Waals surface area (Å²) in [4.78, 5) is 18.6. The van der Waals surface area contributed by atoms with Crippen molar-refractivity contribution in [3.05, 3.63) is 45.4 Å². The number of carbonyl (C=O) groups excluding carboxylic acids is 1. The van der Waals surface area contributed by atoms with Gasteiger partial charge in [0.2, 0.25) is 5.91 Å². The van der Waals surface area contributed by atoms with E-state index in [0.29, 0.717) is 26.3 Å². The fourth-order valence-corrected chi connectivity index (χ4v) is 3.23. The Morgan fingerprint density at radius 1 is 1.19 bits per heavy atom. The number of carbonyl (C=O) groups is 1. The molecule has 0 saturated heterocycles. The van der Waals surface area contributed by atoms with Gasteiger partial charge in [-0.05, 0) is 43.5 Å². The lowest BCUT2D eigenvalue weighted by Crippen LogP contribution is -2.34. The second-order valence-electron chi connectivity index (χ2n) is 6.36. The molecule has 0 aliphatic carbocycles. The van der Waals surface area contributed by atoms with E-state index >= 15 is 0 Å². The summed E-state index contributed by atoms with van der Waals surface area (Å²) in [6.45, 7) is 6.33. The van der Waals surface area contributed by atoms with Crippen LogP contribution in [-0.4, -0.2) is 49.8 Å². The topological polar surface area (TPSA) is 60.9 Å². The van der Waals surface area contributed by atoms with Crippen molar-refractivity contribution in [3.63, 3.8) is 0 Å². The van der Waals surface area contributed by atoms with Crippen molar-refractivity contribution in [2.75, 3.05) is 34.0 Å². The highest BCUT2D eigenvalue weighted by atomic mass is 32.1. The number of aryl methyl sites for hydroxylation is 2. The van der Waals surface area contributed by atoms with Gasteiger partial charge in [0.25, 0.3) is 0 Å². The first kappa shape index (κ1) is 21.3. The number of aromatic nitrogens is 1. The maximum Gasteiger partial charge on any atom is 0.248 e. The van der Waals surface area contributed by atoms with E-state index in [-0.39, 0.29) is 12.5 Å². The molecule has 6 nitrogen and oxygen atoms in total. The van der Waals surface area contributed by atoms with Gasteiger partial charge in [0.1, 0.15) is 24.0 Å². The second kappa shape index (κ2) is 11.0. The van der Waals surface area contributed by atoms with E-state index in [9.17, 15) is 4.79 Å². The summed E-state index contributed by atoms with van der Waals surface area (Å²) in [5.74, 6) is 0.792. The van der Waals surface area contributed by atoms with E-state index in [4.69, 9.17) is 14.2 Å². The minimum absolute atomic E-state index is 0.0467. The van der Waals surface area contributed by atoms with Crippen molar-refractivity contribution in [1.29, 1.82) is 0 Å². The number of hydrogen-bond donors (Lipinski definition) is 0. The maximum absolute atomic E-state index is 12.2. The summed E-state index contributed by atoms with van der Waals surface area (Å²) in [6.07, 6.45) is 0.777. The minimum Gasteiger partial charge on any atom is -0.486 e. The Labute approximate surface area is 165 Å². The first-order valence-corrected chi connectivity index (χ1v) is 9.80. The Balaban J connectivity index is 1.93. The van der Waals surface area contributed by atoms with Crippen LogP contribution in [0.15, 0.2) is 23.6 Å². The molecule has 1 aromatic carbocycles. The van der Waals surface area contributed by atoms with Crippen LogP contribution in [0.5, 0.6) is 5.75 Å². The van der Waals surface area contributed by atoms with Crippen molar-refractivity contribution in [2.24, 2.45) is 0 Å². The molecule has 148 valence electrons. The Morgan fingerprint density at radius 3 is 2.70 bits per heavy atom. The molecule has 2 aromatic rings. The highest BCUT2D eigenvalue weighted by Crippen LogP contribution is 2.19. The summed E-state index contributed by atoms with van der Waals surface area (Å²) in [5, 5.41) is 2.86. The average molecular weight is 393 g/mol. The molecule has 0 N–H and O–H groups in total. The third kappa shape index (κ3) is 6.93. The molecule has 1 amide bonds. The summed E-state index contributed by atoms with van der Waals surface area (Å²) in [5.41, 5.74) is 3.31. The Hall–Kier alpha value is -1.96. The van der Waals surface area contributed by atoms with Crippen LogP contribution in [0.2, 0.25) is 0 Å². The predicted octanol–water partition coefficient (Wildman–Crippen LogP) is 3.35. The van der Waals surface area contributed by atoms with Gasteiger partial charge in [0, 0.05) is 32.8 Å². The van der Waals surface area contributed by atoms with Gasteiger partial charge in [-0.15, -0.1) is 11.3 Å². The molecule has 0 aliphatic heterocycles. The van der Waals surface area contributed by atoms with Crippen LogP contribution in [0, 0.1) is 13.8 Å². The molecule has 0 atom stereocenters. The second-order valence-corrected chi connectivity index (χ2v) is 7.30. The lowest BCUT2D eigenvalue weighted by molar-refractivity contribution is -0.136. The molecule has 1 aromatic heterocycles. The molecule has 27 heavy (non-hydrogen) atoms. The van der Waals surface area contributed by atoms with E-state index in [2.05, 4.69) is 24.9 Å². The van der Waals surface area contributed by atoms with E-state index in [1.165, 1.54) is 18.2 Å². The highest BCUT2D eigenvalue weighted by molar-refractivity contribution is 7.09. The molecule has 1 heterocycles. The molecule has 2 rings (SSSR count). The van der Waals surface area contributed by atoms with Gasteiger partial charge < -0.3 is 19.1 Å². The fraction of sp³-hybridized carbons (Fsp3) is 0.500. The van der Waals surface area contributed by atoms with Gasteiger partial charge >= 0.3 is 0 Å². The zero-order chi connectivity index (χ0) is 19.6. The van der Waals surface area contributed by atoms with Crippen LogP contribution in [-0.2, 0) is 27.4 Å². The maximum atomic E-state index is 12.2. The van der Waals surface area contributed by atoms with Crippen LogP contribution in [0.3, 0.4) is 0 Å². The molecule has 0 saturated carbocycles. The third-order valence-electron chi connectivity index (χ3n) is 4.19. The molecular formula is C20H28N2O4S. The van der Waals surface area contributed by atoms with Crippen LogP contribution >= 0.6 is 11.3 Å². The Morgan fingerprint density at radius 2 is 2.00 bits per heavy atom. The number of benzene rings is 1. The first-order valence-electron chi connectivity index (χ1n) is 8.92. The third-order valence-corrected chi connectivity index (χ3v) is 5.06. The number of rotatable bonds is 11. The first-order chi connectivity index (χ1) is 13.0. The van der Waals surface area contributed by atoms with Gasteiger partial charge in [0.05, 0.1) is 12.2 Å². The highest BCUT2D eigenvalue weighted by Gasteiger charge is 2.15. The summed E-state index contributed by atoms with van der Waals surface area (Å²) in [7, 11) is 3.18. The summed E-state index contributed by atoms with van der Waals surface area (Å²) in [6, 6.07) is 6.06. The summed E-state index contributed by atoms with van der Waals surface area (Å²) < 4.78 is 15.9. The predicted molar refractivity (Wildman–Crippen MR) is 106 cm³/mol. The number of hydrogen-bond acceptors (Lipinski definition) is 6. The van der Waals surface area contributed by atoms with Gasteiger partial charge in [-0.2, -0.15) is 0 Å². The van der Waals surface area contributed by atoms with E-state index < -0.39 is 0 Å². The molecule has 0 fully saturated rings. The molecule has 0 radical (unpaired) electrons. The normalized spacial score (nSPS) is 10.8. The largest absolute Gasteiger partial charge is 0.486 e. The number of amides is 1. The van der Waals surface area contributed by atoms with Gasteiger partial charge in [-0.3, -0.25) is 4.79 Å². The Bertz CT molecular complexity index is 733. The smallest absolute Gasteiger partial charge is 0.248 e. The zero-order valence-corrected chi connectivity index (χ0v) is 17.3. The molecule has 0 unspecified atom stereocenters. The monoisotopic (exact) mass is 392 g/mol. The van der Waals surface area contributed by atoms with E-state index in [0.717, 1.165) is 22.9 Å². The molecule has 0 aliphatic rings. The van der Waals surface area contributed by atoms with Gasteiger partial charge in [-0.25, -0.2) is 4.98 Å². The summed E-state index contributed by atoms with van der Waals surface area (Å²) >= 11 is 1.54. The molecule has 0 spiro atoms. The minimum atomic E-state index is -0.0467. The van der Waals surface area contributed by atoms with Crippen LogP contribution < -0.4 is 4.74 Å². The van der Waals surface area contributed by atoms with Crippen LogP contribution in [0.4, 0.5) is 0 Å². The number of thiazole rings is 1. The van der Waals surface area contributed by atoms with Gasteiger partial charge in [-0.1, -0.05) is 6.07 Å². The Kier molecular flexibility index (Phi) is 8.71. The fourth-order valence-electron chi connectivity index (χ4n) is 2.54. The molecule has 0 bridgehead atoms. The van der Waals surface area contributed by atoms with Crippen LogP contribution in [0.25, 0.3) is 0 Å². The van der Waals surface area contributed by atoms with Crippen molar-refractivity contribution in [2.45, 2.75) is 33.4 Å². The lowest BCUT2D eigenvalue weighted by Gasteiger charge is -2.21. The number of nitrogens with zero attached hydrogens (tertiary/aromatic N) is 2. The standard InChI is InChI=1S/C20H28N2O4S/c1-15-6-7-18(10-16(15)2)26-12-19-21-17(14-27-19)11-22(8-5-9-24-3)20(23)13-25-4/h6-7,10,14H,5,8-9,11-13H2,1-4H3.